The van der Waals surface area contributed by atoms with Gasteiger partial charge in [0.1, 0.15) is 0 Å². The zero-order valence-electron chi connectivity index (χ0n) is 11.2. The topological polar surface area (TPSA) is 32.3 Å². The maximum Gasteiger partial charge on any atom is 0.223 e. The van der Waals surface area contributed by atoms with Gasteiger partial charge < -0.3 is 10.2 Å². The summed E-state index contributed by atoms with van der Waals surface area (Å²) in [4.78, 5) is 14.1. The molecule has 1 N–H and O–H groups in total. The number of piperidine rings is 1. The van der Waals surface area contributed by atoms with Crippen molar-refractivity contribution in [2.75, 3.05) is 19.6 Å². The van der Waals surface area contributed by atoms with Crippen LogP contribution in [0.15, 0.2) is 0 Å². The summed E-state index contributed by atoms with van der Waals surface area (Å²) in [6.45, 7) is 11.3. The molecule has 0 spiro atoms. The van der Waals surface area contributed by atoms with Crippen LogP contribution in [-0.4, -0.2) is 36.5 Å². The van der Waals surface area contributed by atoms with Crippen LogP contribution in [0.2, 0.25) is 0 Å². The molecule has 0 radical (unpaired) electrons. The number of hydrogen-bond acceptors (Lipinski definition) is 2. The number of hydrogen-bond donors (Lipinski definition) is 1. The van der Waals surface area contributed by atoms with Gasteiger partial charge in [0, 0.05) is 25.6 Å². The van der Waals surface area contributed by atoms with Gasteiger partial charge in [0.15, 0.2) is 0 Å². The highest BCUT2D eigenvalue weighted by atomic mass is 16.2. The molecule has 0 aromatic rings. The first-order valence-corrected chi connectivity index (χ1v) is 6.43. The molecule has 0 saturated carbocycles. The lowest BCUT2D eigenvalue weighted by atomic mass is 9.91. The van der Waals surface area contributed by atoms with Crippen LogP contribution in [0, 0.1) is 5.41 Å². The van der Waals surface area contributed by atoms with Crippen LogP contribution in [0.25, 0.3) is 0 Å². The van der Waals surface area contributed by atoms with Crippen molar-refractivity contribution >= 4 is 5.91 Å². The fourth-order valence-corrected chi connectivity index (χ4v) is 2.22. The molecule has 0 bridgehead atoms. The summed E-state index contributed by atoms with van der Waals surface area (Å²) in [6, 6.07) is 0.502. The van der Waals surface area contributed by atoms with Crippen LogP contribution in [0.1, 0.15) is 47.0 Å². The molecule has 1 amide bonds. The first kappa shape index (κ1) is 13.5. The van der Waals surface area contributed by atoms with E-state index in [-0.39, 0.29) is 5.41 Å². The van der Waals surface area contributed by atoms with Crippen molar-refractivity contribution in [3.05, 3.63) is 0 Å². The minimum atomic E-state index is 0.0994. The van der Waals surface area contributed by atoms with E-state index in [2.05, 4.69) is 33.0 Å². The third-order valence-electron chi connectivity index (χ3n) is 2.95. The van der Waals surface area contributed by atoms with Gasteiger partial charge in [-0.25, -0.2) is 0 Å². The van der Waals surface area contributed by atoms with Gasteiger partial charge in [-0.3, -0.25) is 4.79 Å². The molecule has 0 aromatic heterocycles. The summed E-state index contributed by atoms with van der Waals surface area (Å²) in [6.07, 6.45) is 2.99. The Morgan fingerprint density at radius 2 is 2.12 bits per heavy atom. The molecule has 16 heavy (non-hydrogen) atoms. The van der Waals surface area contributed by atoms with Crippen molar-refractivity contribution in [3.63, 3.8) is 0 Å². The first-order chi connectivity index (χ1) is 7.42. The van der Waals surface area contributed by atoms with E-state index in [1.807, 2.05) is 4.90 Å². The van der Waals surface area contributed by atoms with Crippen LogP contribution >= 0.6 is 0 Å². The fraction of sp³-hybridized carbons (Fsp3) is 0.923. The van der Waals surface area contributed by atoms with E-state index >= 15 is 0 Å². The maximum atomic E-state index is 12.1. The largest absolute Gasteiger partial charge is 0.341 e. The first-order valence-electron chi connectivity index (χ1n) is 6.43. The monoisotopic (exact) mass is 226 g/mol. The second-order valence-electron chi connectivity index (χ2n) is 5.97. The van der Waals surface area contributed by atoms with Gasteiger partial charge >= 0.3 is 0 Å². The van der Waals surface area contributed by atoms with Gasteiger partial charge in [0.05, 0.1) is 0 Å². The zero-order chi connectivity index (χ0) is 12.2. The number of carbonyl (C=O) groups excluding carboxylic acids is 1. The van der Waals surface area contributed by atoms with Gasteiger partial charge in [0.2, 0.25) is 5.91 Å². The highest BCUT2D eigenvalue weighted by Gasteiger charge is 2.25. The van der Waals surface area contributed by atoms with Crippen LogP contribution in [0.4, 0.5) is 0 Å². The minimum absolute atomic E-state index is 0.0994. The minimum Gasteiger partial charge on any atom is -0.341 e. The van der Waals surface area contributed by atoms with E-state index in [0.717, 1.165) is 26.1 Å². The average molecular weight is 226 g/mol. The number of likely N-dealkylation sites (N-methyl/N-ethyl adjacent to an activating group) is 1. The van der Waals surface area contributed by atoms with Crippen molar-refractivity contribution in [2.45, 2.75) is 53.0 Å². The Morgan fingerprint density at radius 3 is 2.69 bits per heavy atom. The number of rotatable bonds is 3. The van der Waals surface area contributed by atoms with Gasteiger partial charge in [-0.2, -0.15) is 0 Å². The van der Waals surface area contributed by atoms with Crippen LogP contribution < -0.4 is 5.32 Å². The van der Waals surface area contributed by atoms with Crippen LogP contribution in [0.5, 0.6) is 0 Å². The van der Waals surface area contributed by atoms with E-state index in [0.29, 0.717) is 18.4 Å². The van der Waals surface area contributed by atoms with Gasteiger partial charge in [0.25, 0.3) is 0 Å². The predicted octanol–water partition coefficient (Wildman–Crippen LogP) is 2.02. The molecule has 94 valence electrons. The molecule has 1 rings (SSSR count). The Balaban J connectivity index is 2.44. The zero-order valence-corrected chi connectivity index (χ0v) is 11.2. The van der Waals surface area contributed by atoms with Crippen molar-refractivity contribution < 1.29 is 4.79 Å². The van der Waals surface area contributed by atoms with Gasteiger partial charge in [-0.1, -0.05) is 27.7 Å². The van der Waals surface area contributed by atoms with Crippen molar-refractivity contribution in [2.24, 2.45) is 5.41 Å². The quantitative estimate of drug-likeness (QED) is 0.798. The Hall–Kier alpha value is -0.570. The van der Waals surface area contributed by atoms with Crippen molar-refractivity contribution in [3.8, 4) is 0 Å². The molecule has 1 aliphatic heterocycles. The normalized spacial score (nSPS) is 22.2. The van der Waals surface area contributed by atoms with Gasteiger partial charge in [-0.05, 0) is 24.8 Å². The molecule has 3 nitrogen and oxygen atoms in total. The van der Waals surface area contributed by atoms with E-state index < -0.39 is 0 Å². The Bertz CT molecular complexity index is 231. The number of nitrogens with zero attached hydrogens (tertiary/aromatic N) is 1. The lowest BCUT2D eigenvalue weighted by Crippen LogP contribution is -2.48. The SMILES string of the molecule is CCNC1CCCN(C(=O)CC(C)(C)C)C1. The highest BCUT2D eigenvalue weighted by Crippen LogP contribution is 2.21. The number of carbonyl (C=O) groups is 1. The third kappa shape index (κ3) is 4.52. The molecule has 1 fully saturated rings. The summed E-state index contributed by atoms with van der Waals surface area (Å²) >= 11 is 0. The molecule has 1 atom stereocenters. The maximum absolute atomic E-state index is 12.1. The Morgan fingerprint density at radius 1 is 1.44 bits per heavy atom. The Labute approximate surface area is 99.6 Å². The summed E-state index contributed by atoms with van der Waals surface area (Å²) < 4.78 is 0. The van der Waals surface area contributed by atoms with E-state index in [4.69, 9.17) is 0 Å². The van der Waals surface area contributed by atoms with E-state index in [9.17, 15) is 4.79 Å². The summed E-state index contributed by atoms with van der Waals surface area (Å²) in [5.41, 5.74) is 0.0994. The van der Waals surface area contributed by atoms with Crippen LogP contribution in [-0.2, 0) is 4.79 Å². The highest BCUT2D eigenvalue weighted by molar-refractivity contribution is 5.77. The standard InChI is InChI=1S/C13H26N2O/c1-5-14-11-7-6-8-15(10-11)12(16)9-13(2,3)4/h11,14H,5-10H2,1-4H3. The molecule has 3 heteroatoms. The van der Waals surface area contributed by atoms with Crippen LogP contribution in [0.3, 0.4) is 0 Å². The molecule has 1 aliphatic rings. The average Bonchev–Trinajstić information content (AvgIpc) is 2.16. The molecule has 1 saturated heterocycles. The smallest absolute Gasteiger partial charge is 0.223 e. The number of amides is 1. The summed E-state index contributed by atoms with van der Waals surface area (Å²) in [7, 11) is 0. The molecule has 0 aromatic carbocycles. The second-order valence-corrected chi connectivity index (χ2v) is 5.97. The summed E-state index contributed by atoms with van der Waals surface area (Å²) in [5.74, 6) is 0.315. The molecule has 1 heterocycles. The summed E-state index contributed by atoms with van der Waals surface area (Å²) in [5, 5.41) is 3.44. The second kappa shape index (κ2) is 5.67. The van der Waals surface area contributed by atoms with Crippen molar-refractivity contribution in [1.29, 1.82) is 0 Å². The molecule has 0 aliphatic carbocycles. The molecule has 1 unspecified atom stereocenters. The Kier molecular flexibility index (Phi) is 4.78. The lowest BCUT2D eigenvalue weighted by Gasteiger charge is -2.34. The molecular weight excluding hydrogens is 200 g/mol. The predicted molar refractivity (Wildman–Crippen MR) is 67.4 cm³/mol. The van der Waals surface area contributed by atoms with Gasteiger partial charge in [-0.15, -0.1) is 0 Å². The van der Waals surface area contributed by atoms with E-state index in [1.165, 1.54) is 6.42 Å². The molecular formula is C13H26N2O. The lowest BCUT2D eigenvalue weighted by molar-refractivity contribution is -0.134. The fourth-order valence-electron chi connectivity index (χ4n) is 2.22. The number of likely N-dealkylation sites (tertiary alicyclic amines) is 1. The number of nitrogens with one attached hydrogen (secondary N) is 1. The van der Waals surface area contributed by atoms with Crippen molar-refractivity contribution in [1.82, 2.24) is 10.2 Å². The van der Waals surface area contributed by atoms with E-state index in [1.54, 1.807) is 0 Å². The third-order valence-corrected chi connectivity index (χ3v) is 2.95.